The largest absolute Gasteiger partial charge is 0.507 e. The van der Waals surface area contributed by atoms with Crippen molar-refractivity contribution in [2.24, 2.45) is 0 Å². The van der Waals surface area contributed by atoms with Gasteiger partial charge in [-0.3, -0.25) is 4.79 Å². The van der Waals surface area contributed by atoms with Gasteiger partial charge in [-0.05, 0) is 19.1 Å². The summed E-state index contributed by atoms with van der Waals surface area (Å²) in [5.74, 6) is -0.668. The minimum absolute atomic E-state index is 0.0731. The Morgan fingerprint density at radius 1 is 1.35 bits per heavy atom. The van der Waals surface area contributed by atoms with Crippen LogP contribution in [0.4, 0.5) is 0 Å². The van der Waals surface area contributed by atoms with E-state index < -0.39 is 5.97 Å². The van der Waals surface area contributed by atoms with Gasteiger partial charge in [0.1, 0.15) is 24.7 Å². The first-order valence-corrected chi connectivity index (χ1v) is 5.96. The molecule has 0 aliphatic heterocycles. The van der Waals surface area contributed by atoms with E-state index in [-0.39, 0.29) is 30.4 Å². The van der Waals surface area contributed by atoms with Gasteiger partial charge in [-0.15, -0.1) is 0 Å². The summed E-state index contributed by atoms with van der Waals surface area (Å²) in [6, 6.07) is 4.32. The highest BCUT2D eigenvalue weighted by atomic mass is 16.6. The summed E-state index contributed by atoms with van der Waals surface area (Å²) in [6.07, 6.45) is 0. The smallest absolute Gasteiger partial charge is 0.333 e. The summed E-state index contributed by atoms with van der Waals surface area (Å²) >= 11 is 0. The van der Waals surface area contributed by atoms with Crippen LogP contribution in [-0.2, 0) is 9.53 Å². The third-order valence-corrected chi connectivity index (χ3v) is 2.37. The van der Waals surface area contributed by atoms with Gasteiger partial charge in [-0.2, -0.15) is 0 Å². The van der Waals surface area contributed by atoms with E-state index in [1.54, 1.807) is 13.0 Å². The predicted octanol–water partition coefficient (Wildman–Crippen LogP) is 1.25. The first-order valence-electron chi connectivity index (χ1n) is 5.96. The number of aromatic hydroxyl groups is 1. The molecular formula is C14H17NO5. The van der Waals surface area contributed by atoms with Gasteiger partial charge in [0.15, 0.2) is 0 Å². The molecule has 108 valence electrons. The number of nitrogens with one attached hydrogen (secondary N) is 1. The van der Waals surface area contributed by atoms with E-state index in [2.05, 4.69) is 11.9 Å². The Labute approximate surface area is 117 Å². The van der Waals surface area contributed by atoms with Gasteiger partial charge >= 0.3 is 5.97 Å². The van der Waals surface area contributed by atoms with Crippen LogP contribution in [0.1, 0.15) is 17.3 Å². The molecule has 0 saturated carbocycles. The lowest BCUT2D eigenvalue weighted by Crippen LogP contribution is -2.17. The third kappa shape index (κ3) is 4.31. The number of hydrogen-bond donors (Lipinski definition) is 2. The number of phenolic OH excluding ortho intramolecular Hbond substituents is 1. The summed E-state index contributed by atoms with van der Waals surface area (Å²) in [5, 5.41) is 12.1. The maximum Gasteiger partial charge on any atom is 0.333 e. The van der Waals surface area contributed by atoms with Crippen molar-refractivity contribution < 1.29 is 24.2 Å². The van der Waals surface area contributed by atoms with E-state index in [1.165, 1.54) is 19.2 Å². The molecule has 0 heterocycles. The van der Waals surface area contributed by atoms with Crippen LogP contribution in [0.15, 0.2) is 30.4 Å². The molecule has 0 aliphatic rings. The Morgan fingerprint density at radius 3 is 2.60 bits per heavy atom. The number of benzene rings is 1. The minimum Gasteiger partial charge on any atom is -0.507 e. The van der Waals surface area contributed by atoms with Gasteiger partial charge in [-0.25, -0.2) is 4.79 Å². The number of carbonyl (C=O) groups is 2. The first-order chi connectivity index (χ1) is 9.45. The molecule has 0 aromatic heterocycles. The highest BCUT2D eigenvalue weighted by Crippen LogP contribution is 2.23. The number of hydrogen-bond acceptors (Lipinski definition) is 5. The van der Waals surface area contributed by atoms with Gasteiger partial charge in [0, 0.05) is 18.7 Å². The highest BCUT2D eigenvalue weighted by molar-refractivity contribution is 5.96. The van der Waals surface area contributed by atoms with Crippen molar-refractivity contribution in [1.82, 2.24) is 5.32 Å². The van der Waals surface area contributed by atoms with Crippen LogP contribution in [0.5, 0.6) is 11.5 Å². The van der Waals surface area contributed by atoms with E-state index in [0.29, 0.717) is 11.3 Å². The van der Waals surface area contributed by atoms with Crippen LogP contribution in [0.3, 0.4) is 0 Å². The molecule has 0 saturated heterocycles. The second-order valence-electron chi connectivity index (χ2n) is 4.02. The monoisotopic (exact) mass is 279 g/mol. The molecule has 0 atom stereocenters. The minimum atomic E-state index is -0.480. The number of amides is 1. The zero-order chi connectivity index (χ0) is 15.1. The number of carbonyl (C=O) groups excluding carboxylic acids is 2. The molecule has 0 fully saturated rings. The van der Waals surface area contributed by atoms with Crippen LogP contribution in [0, 0.1) is 0 Å². The fraction of sp³-hybridized carbons (Fsp3) is 0.286. The number of rotatable bonds is 6. The van der Waals surface area contributed by atoms with Gasteiger partial charge in [0.25, 0.3) is 5.91 Å². The second-order valence-corrected chi connectivity index (χ2v) is 4.02. The predicted molar refractivity (Wildman–Crippen MR) is 72.8 cm³/mol. The molecule has 2 N–H and O–H groups in total. The summed E-state index contributed by atoms with van der Waals surface area (Å²) in [6.45, 7) is 5.22. The first kappa shape index (κ1) is 15.6. The molecule has 0 bridgehead atoms. The van der Waals surface area contributed by atoms with Crippen molar-refractivity contribution in [3.05, 3.63) is 35.9 Å². The van der Waals surface area contributed by atoms with Crippen molar-refractivity contribution in [2.75, 3.05) is 20.3 Å². The Balaban J connectivity index is 2.50. The summed E-state index contributed by atoms with van der Waals surface area (Å²) in [7, 11) is 1.47. The van der Waals surface area contributed by atoms with Gasteiger partial charge < -0.3 is 19.9 Å². The zero-order valence-corrected chi connectivity index (χ0v) is 11.4. The molecular weight excluding hydrogens is 262 g/mol. The van der Waals surface area contributed by atoms with Crippen LogP contribution in [-0.4, -0.2) is 37.2 Å². The van der Waals surface area contributed by atoms with Gasteiger partial charge in [-0.1, -0.05) is 6.58 Å². The highest BCUT2D eigenvalue weighted by Gasteiger charge is 2.10. The maximum atomic E-state index is 11.4. The quantitative estimate of drug-likeness (QED) is 0.465. The number of phenols is 1. The number of ether oxygens (including phenoxy) is 2. The molecule has 6 heteroatoms. The van der Waals surface area contributed by atoms with E-state index in [9.17, 15) is 14.7 Å². The Bertz CT molecular complexity index is 524. The molecule has 1 amide bonds. The fourth-order valence-electron chi connectivity index (χ4n) is 1.34. The van der Waals surface area contributed by atoms with Gasteiger partial charge in [0.2, 0.25) is 0 Å². The van der Waals surface area contributed by atoms with Crippen molar-refractivity contribution >= 4 is 11.9 Å². The van der Waals surface area contributed by atoms with Crippen LogP contribution < -0.4 is 10.1 Å². The Hall–Kier alpha value is -2.50. The zero-order valence-electron chi connectivity index (χ0n) is 11.4. The fourth-order valence-corrected chi connectivity index (χ4v) is 1.34. The van der Waals surface area contributed by atoms with Crippen molar-refractivity contribution in [1.29, 1.82) is 0 Å². The van der Waals surface area contributed by atoms with E-state index in [1.807, 2.05) is 0 Å². The van der Waals surface area contributed by atoms with E-state index in [4.69, 9.17) is 9.47 Å². The van der Waals surface area contributed by atoms with E-state index >= 15 is 0 Å². The Morgan fingerprint density at radius 2 is 2.05 bits per heavy atom. The summed E-state index contributed by atoms with van der Waals surface area (Å²) in [4.78, 5) is 22.5. The van der Waals surface area contributed by atoms with Crippen molar-refractivity contribution in [3.8, 4) is 11.5 Å². The normalized spacial score (nSPS) is 9.70. The molecule has 1 rings (SSSR count). The molecule has 1 aromatic carbocycles. The van der Waals surface area contributed by atoms with Crippen molar-refractivity contribution in [3.63, 3.8) is 0 Å². The average molecular weight is 279 g/mol. The molecule has 0 spiro atoms. The molecule has 6 nitrogen and oxygen atoms in total. The maximum absolute atomic E-state index is 11.4. The summed E-state index contributed by atoms with van der Waals surface area (Å²) in [5.41, 5.74) is 0.478. The number of esters is 1. The van der Waals surface area contributed by atoms with Crippen LogP contribution in [0.2, 0.25) is 0 Å². The third-order valence-electron chi connectivity index (χ3n) is 2.37. The lowest BCUT2D eigenvalue weighted by atomic mass is 10.2. The lowest BCUT2D eigenvalue weighted by Gasteiger charge is -2.09. The standard InChI is InChI=1S/C14H17NO5/c1-9(2)14(18)20-7-6-19-10-4-5-11(12(16)8-10)13(17)15-3/h4-5,8,16H,1,6-7H2,2-3H3,(H,15,17). The van der Waals surface area contributed by atoms with Crippen LogP contribution >= 0.6 is 0 Å². The SMILES string of the molecule is C=C(C)C(=O)OCCOc1ccc(C(=O)NC)c(O)c1. The van der Waals surface area contributed by atoms with Crippen molar-refractivity contribution in [2.45, 2.75) is 6.92 Å². The Kier molecular flexibility index (Phi) is 5.58. The topological polar surface area (TPSA) is 84.9 Å². The molecule has 0 aliphatic carbocycles. The molecule has 1 aromatic rings. The van der Waals surface area contributed by atoms with E-state index in [0.717, 1.165) is 0 Å². The molecule has 20 heavy (non-hydrogen) atoms. The second kappa shape index (κ2) is 7.18. The van der Waals surface area contributed by atoms with Crippen LogP contribution in [0.25, 0.3) is 0 Å². The molecule has 0 radical (unpaired) electrons. The summed E-state index contributed by atoms with van der Waals surface area (Å²) < 4.78 is 10.1. The lowest BCUT2D eigenvalue weighted by molar-refractivity contribution is -0.139. The average Bonchev–Trinajstić information content (AvgIpc) is 2.42. The molecule has 0 unspecified atom stereocenters. The van der Waals surface area contributed by atoms with Gasteiger partial charge in [0.05, 0.1) is 5.56 Å².